The first kappa shape index (κ1) is 33.4. The Morgan fingerprint density at radius 3 is 2.54 bits per heavy atom. The summed E-state index contributed by atoms with van der Waals surface area (Å²) in [5.41, 5.74) is 2.05. The van der Waals surface area contributed by atoms with Gasteiger partial charge in [0.25, 0.3) is 17.4 Å². The van der Waals surface area contributed by atoms with E-state index in [0.29, 0.717) is 34.7 Å². The van der Waals surface area contributed by atoms with Gasteiger partial charge in [0.2, 0.25) is 5.95 Å². The lowest BCUT2D eigenvalue weighted by molar-refractivity contribution is 0.0763. The highest BCUT2D eigenvalue weighted by atomic mass is 19.2. The van der Waals surface area contributed by atoms with Crippen LogP contribution in [0.15, 0.2) is 84.2 Å². The molecule has 13 heteroatoms. The predicted octanol–water partition coefficient (Wildman–Crippen LogP) is 4.11. The summed E-state index contributed by atoms with van der Waals surface area (Å²) in [5.74, 6) is 3.45. The molecule has 0 aliphatic heterocycles. The van der Waals surface area contributed by atoms with Crippen molar-refractivity contribution in [3.05, 3.63) is 124 Å². The lowest BCUT2D eigenvalue weighted by atomic mass is 10.1. The van der Waals surface area contributed by atoms with Gasteiger partial charge in [0.05, 0.1) is 18.4 Å². The van der Waals surface area contributed by atoms with Crippen LogP contribution in [0.25, 0.3) is 10.9 Å². The number of aromatic nitrogens is 4. The third-order valence-corrected chi connectivity index (χ3v) is 7.15. The Hall–Kier alpha value is -6.00. The van der Waals surface area contributed by atoms with Crippen molar-refractivity contribution in [3.63, 3.8) is 0 Å². The minimum Gasteiger partial charge on any atom is -0.352 e. The SMILES string of the molecule is CN(C)CCCNC(=O)c1ccc(Nc2ncc3cc(C#CCN(Cc4ccc(F)c(F)c4)C(=O)c4cnc[nH]c4=O)ccc3n2)cc1. The van der Waals surface area contributed by atoms with E-state index in [0.717, 1.165) is 48.7 Å². The summed E-state index contributed by atoms with van der Waals surface area (Å²) in [5, 5.41) is 6.79. The van der Waals surface area contributed by atoms with E-state index in [-0.39, 0.29) is 24.6 Å². The Morgan fingerprint density at radius 1 is 0.979 bits per heavy atom. The summed E-state index contributed by atoms with van der Waals surface area (Å²) in [6, 6.07) is 15.7. The van der Waals surface area contributed by atoms with E-state index in [1.807, 2.05) is 14.1 Å². The van der Waals surface area contributed by atoms with Gasteiger partial charge in [-0.05, 0) is 87.2 Å². The number of H-pyrrole nitrogens is 1. The first-order chi connectivity index (χ1) is 23.2. The minimum absolute atomic E-state index is 0.111. The number of nitrogens with zero attached hydrogens (tertiary/aromatic N) is 5. The standard InChI is InChI=1S/C35H32F2N8O3/c1-44(2)15-4-14-39-32(46)25-8-10-27(11-9-25)42-35-40-19-26-17-23(7-13-31(26)43-35)5-3-16-45(21-24-6-12-29(36)30(37)18-24)34(48)28-20-38-22-41-33(28)47/h6-13,17-20,22H,4,14-16,21H2,1-2H3,(H,39,46)(H,38,41,47)(H,40,42,43). The average molecular weight is 651 g/mol. The van der Waals surface area contributed by atoms with Gasteiger partial charge in [-0.15, -0.1) is 0 Å². The summed E-state index contributed by atoms with van der Waals surface area (Å²) in [7, 11) is 3.98. The molecule has 0 radical (unpaired) electrons. The molecule has 0 bridgehead atoms. The molecule has 5 rings (SSSR count). The molecule has 0 saturated carbocycles. The molecule has 2 aromatic heterocycles. The Bertz CT molecular complexity index is 2060. The fourth-order valence-electron chi connectivity index (χ4n) is 4.67. The number of amides is 2. The highest BCUT2D eigenvalue weighted by molar-refractivity contribution is 5.94. The lowest BCUT2D eigenvalue weighted by Gasteiger charge is -2.20. The normalized spacial score (nSPS) is 10.8. The molecule has 2 amide bonds. The fraction of sp³-hybridized carbons (Fsp3) is 0.200. The molecular weight excluding hydrogens is 618 g/mol. The summed E-state index contributed by atoms with van der Waals surface area (Å²) in [6.45, 7) is 1.27. The first-order valence-electron chi connectivity index (χ1n) is 15.0. The zero-order chi connectivity index (χ0) is 34.0. The second-order valence-electron chi connectivity index (χ2n) is 11.1. The summed E-state index contributed by atoms with van der Waals surface area (Å²) in [4.78, 5) is 56.3. The maximum atomic E-state index is 13.9. The van der Waals surface area contributed by atoms with Crippen LogP contribution in [0.3, 0.4) is 0 Å². The number of rotatable bonds is 11. The van der Waals surface area contributed by atoms with Gasteiger partial charge in [0.15, 0.2) is 11.6 Å². The maximum absolute atomic E-state index is 13.9. The smallest absolute Gasteiger partial charge is 0.263 e. The van der Waals surface area contributed by atoms with Gasteiger partial charge in [-0.3, -0.25) is 14.4 Å². The van der Waals surface area contributed by atoms with Gasteiger partial charge in [-0.2, -0.15) is 0 Å². The van der Waals surface area contributed by atoms with Crippen LogP contribution in [-0.4, -0.2) is 75.3 Å². The fourth-order valence-corrected chi connectivity index (χ4v) is 4.67. The summed E-state index contributed by atoms with van der Waals surface area (Å²) in [6.07, 6.45) is 4.82. The number of hydrogen-bond donors (Lipinski definition) is 3. The number of hydrogen-bond acceptors (Lipinski definition) is 8. The van der Waals surface area contributed by atoms with Crippen molar-refractivity contribution in [2.75, 3.05) is 39.0 Å². The number of benzene rings is 3. The molecule has 0 atom stereocenters. The molecule has 244 valence electrons. The van der Waals surface area contributed by atoms with Crippen molar-refractivity contribution in [1.82, 2.24) is 35.1 Å². The molecule has 0 aliphatic carbocycles. The lowest BCUT2D eigenvalue weighted by Crippen LogP contribution is -2.35. The third kappa shape index (κ3) is 8.83. The number of fused-ring (bicyclic) bond motifs is 1. The van der Waals surface area contributed by atoms with Crippen LogP contribution in [0.2, 0.25) is 0 Å². The van der Waals surface area contributed by atoms with Crippen LogP contribution in [0.5, 0.6) is 0 Å². The predicted molar refractivity (Wildman–Crippen MR) is 178 cm³/mol. The Kier molecular flexibility index (Phi) is 10.8. The van der Waals surface area contributed by atoms with Gasteiger partial charge >= 0.3 is 0 Å². The van der Waals surface area contributed by atoms with Crippen LogP contribution >= 0.6 is 0 Å². The average Bonchev–Trinajstić information content (AvgIpc) is 3.08. The number of carbonyl (C=O) groups excluding carboxylic acids is 2. The molecule has 2 heterocycles. The molecule has 3 N–H and O–H groups in total. The van der Waals surface area contributed by atoms with Crippen molar-refractivity contribution in [3.8, 4) is 11.8 Å². The minimum atomic E-state index is -1.05. The first-order valence-corrected chi connectivity index (χ1v) is 15.0. The van der Waals surface area contributed by atoms with Crippen molar-refractivity contribution >= 4 is 34.4 Å². The van der Waals surface area contributed by atoms with Crippen molar-refractivity contribution in [2.24, 2.45) is 0 Å². The molecule has 0 fully saturated rings. The molecular formula is C35H32F2N8O3. The quantitative estimate of drug-likeness (QED) is 0.144. The van der Waals surface area contributed by atoms with E-state index in [4.69, 9.17) is 0 Å². The summed E-state index contributed by atoms with van der Waals surface area (Å²) >= 11 is 0. The van der Waals surface area contributed by atoms with Crippen LogP contribution < -0.4 is 16.2 Å². The molecule has 0 saturated heterocycles. The molecule has 0 unspecified atom stereocenters. The molecule has 48 heavy (non-hydrogen) atoms. The van der Waals surface area contributed by atoms with E-state index in [1.54, 1.807) is 48.7 Å². The van der Waals surface area contributed by atoms with Gasteiger partial charge in [-0.25, -0.2) is 23.7 Å². The molecule has 0 aliphatic rings. The maximum Gasteiger partial charge on any atom is 0.263 e. The largest absolute Gasteiger partial charge is 0.352 e. The van der Waals surface area contributed by atoms with E-state index < -0.39 is 23.1 Å². The number of anilines is 2. The summed E-state index contributed by atoms with van der Waals surface area (Å²) < 4.78 is 27.3. The van der Waals surface area contributed by atoms with Crippen LogP contribution in [0.1, 0.15) is 38.3 Å². The Balaban J connectivity index is 1.25. The monoisotopic (exact) mass is 650 g/mol. The number of carbonyl (C=O) groups is 2. The highest BCUT2D eigenvalue weighted by Gasteiger charge is 2.19. The van der Waals surface area contributed by atoms with Gasteiger partial charge in [0, 0.05) is 47.7 Å². The van der Waals surface area contributed by atoms with Gasteiger partial charge in [0.1, 0.15) is 5.56 Å². The number of halogens is 2. The number of aromatic amines is 1. The zero-order valence-corrected chi connectivity index (χ0v) is 26.3. The number of nitrogens with one attached hydrogen (secondary N) is 3. The van der Waals surface area contributed by atoms with Crippen molar-refractivity contribution in [1.29, 1.82) is 0 Å². The van der Waals surface area contributed by atoms with Crippen LogP contribution in [0.4, 0.5) is 20.4 Å². The van der Waals surface area contributed by atoms with E-state index in [2.05, 4.69) is 47.3 Å². The Morgan fingerprint density at radius 2 is 1.79 bits per heavy atom. The highest BCUT2D eigenvalue weighted by Crippen LogP contribution is 2.19. The molecule has 5 aromatic rings. The topological polar surface area (TPSA) is 136 Å². The van der Waals surface area contributed by atoms with Crippen molar-refractivity contribution in [2.45, 2.75) is 13.0 Å². The van der Waals surface area contributed by atoms with Crippen molar-refractivity contribution < 1.29 is 18.4 Å². The second kappa shape index (κ2) is 15.5. The van der Waals surface area contributed by atoms with Gasteiger partial charge in [-0.1, -0.05) is 17.9 Å². The molecule has 0 spiro atoms. The molecule has 3 aromatic carbocycles. The third-order valence-electron chi connectivity index (χ3n) is 7.15. The van der Waals surface area contributed by atoms with Gasteiger partial charge < -0.3 is 25.4 Å². The van der Waals surface area contributed by atoms with E-state index in [9.17, 15) is 23.2 Å². The molecule has 11 nitrogen and oxygen atoms in total. The van der Waals surface area contributed by atoms with E-state index in [1.165, 1.54) is 11.0 Å². The second-order valence-corrected chi connectivity index (χ2v) is 11.1. The van der Waals surface area contributed by atoms with Crippen LogP contribution in [-0.2, 0) is 6.54 Å². The van der Waals surface area contributed by atoms with E-state index >= 15 is 0 Å². The zero-order valence-electron chi connectivity index (χ0n) is 26.3. The Labute approximate surface area is 275 Å². The van der Waals surface area contributed by atoms with Crippen LogP contribution in [0, 0.1) is 23.5 Å².